The summed E-state index contributed by atoms with van der Waals surface area (Å²) in [5.74, 6) is -0.148. The van der Waals surface area contributed by atoms with Gasteiger partial charge in [-0.05, 0) is 89.9 Å². The molecule has 0 aliphatic carbocycles. The Balaban J connectivity index is 3.54. The second-order valence-electron chi connectivity index (χ2n) is 20.7. The molecule has 0 aromatic rings. The first-order chi connectivity index (χ1) is 34.0. The van der Waals surface area contributed by atoms with Crippen molar-refractivity contribution >= 4 is 11.9 Å². The number of unbranched alkanes of at least 4 members (excludes halogenated alkanes) is 39. The van der Waals surface area contributed by atoms with Crippen molar-refractivity contribution in [3.8, 4) is 0 Å². The van der Waals surface area contributed by atoms with E-state index in [9.17, 15) is 19.8 Å². The molecule has 0 aliphatic rings. The number of rotatable bonds is 56. The molecular weight excluding hydrogens is 851 g/mol. The highest BCUT2D eigenvalue weighted by Crippen LogP contribution is 2.17. The van der Waals surface area contributed by atoms with Crippen LogP contribution in [0.2, 0.25) is 0 Å². The van der Waals surface area contributed by atoms with Crippen LogP contribution in [0.1, 0.15) is 316 Å². The van der Waals surface area contributed by atoms with E-state index in [4.69, 9.17) is 4.74 Å². The van der Waals surface area contributed by atoms with Crippen molar-refractivity contribution in [2.45, 2.75) is 328 Å². The van der Waals surface area contributed by atoms with E-state index < -0.39 is 12.1 Å². The number of hydrogen-bond acceptors (Lipinski definition) is 5. The lowest BCUT2D eigenvalue weighted by atomic mass is 10.0. The van der Waals surface area contributed by atoms with Gasteiger partial charge in [0.2, 0.25) is 5.91 Å². The number of nitrogens with one attached hydrogen (secondary N) is 1. The van der Waals surface area contributed by atoms with Gasteiger partial charge in [0.05, 0.1) is 25.4 Å². The average molecular weight is 969 g/mol. The maximum Gasteiger partial charge on any atom is 0.305 e. The summed E-state index contributed by atoms with van der Waals surface area (Å²) < 4.78 is 5.45. The van der Waals surface area contributed by atoms with Crippen molar-refractivity contribution in [2.24, 2.45) is 0 Å². The predicted molar refractivity (Wildman–Crippen MR) is 301 cm³/mol. The maximum atomic E-state index is 12.5. The van der Waals surface area contributed by atoms with Gasteiger partial charge in [0.15, 0.2) is 0 Å². The zero-order chi connectivity index (χ0) is 50.0. The molecule has 69 heavy (non-hydrogen) atoms. The highest BCUT2D eigenvalue weighted by molar-refractivity contribution is 5.76. The fraction of sp³-hybridized carbons (Fsp3) is 0.841. The molecule has 2 unspecified atom stereocenters. The second kappa shape index (κ2) is 58.4. The van der Waals surface area contributed by atoms with E-state index in [0.717, 1.165) is 83.5 Å². The lowest BCUT2D eigenvalue weighted by Crippen LogP contribution is -2.45. The standard InChI is InChI=1S/C63H117NO5/c1-3-5-7-9-11-13-15-17-19-21-23-24-25-26-27-28-29-31-33-35-39-43-47-51-55-61(66)60(59-65)64-62(67)56-52-48-44-40-37-38-42-46-50-54-58-69-63(68)57-53-49-45-41-36-34-32-30-22-20-18-16-14-12-10-8-6-4-2/h14,16,20,22,38,42,51,55,60-61,65-66H,3-13,15,17-19,21,23-37,39-41,43-50,52-54,56-59H2,1-2H3,(H,64,67)/b16-14-,22-20-,42-38-,55-51+. The summed E-state index contributed by atoms with van der Waals surface area (Å²) in [7, 11) is 0. The van der Waals surface area contributed by atoms with Crippen LogP contribution in [-0.2, 0) is 14.3 Å². The van der Waals surface area contributed by atoms with Crippen LogP contribution in [0, 0.1) is 0 Å². The predicted octanol–water partition coefficient (Wildman–Crippen LogP) is 19.0. The van der Waals surface area contributed by atoms with Crippen molar-refractivity contribution in [1.29, 1.82) is 0 Å². The van der Waals surface area contributed by atoms with E-state index >= 15 is 0 Å². The van der Waals surface area contributed by atoms with Gasteiger partial charge in [0.25, 0.3) is 0 Å². The van der Waals surface area contributed by atoms with Gasteiger partial charge >= 0.3 is 5.97 Å². The number of esters is 1. The van der Waals surface area contributed by atoms with E-state index in [0.29, 0.717) is 19.4 Å². The summed E-state index contributed by atoms with van der Waals surface area (Å²) in [6, 6.07) is -0.656. The van der Waals surface area contributed by atoms with E-state index in [1.54, 1.807) is 6.08 Å². The third kappa shape index (κ3) is 55.0. The zero-order valence-electron chi connectivity index (χ0n) is 46.0. The first kappa shape index (κ1) is 66.8. The molecule has 0 fully saturated rings. The monoisotopic (exact) mass is 968 g/mol. The Morgan fingerprint density at radius 3 is 1.13 bits per heavy atom. The fourth-order valence-electron chi connectivity index (χ4n) is 9.13. The molecule has 1 amide bonds. The number of aliphatic hydroxyl groups excluding tert-OH is 2. The van der Waals surface area contributed by atoms with E-state index in [-0.39, 0.29) is 18.5 Å². The Bertz CT molecular complexity index is 1160. The fourth-order valence-corrected chi connectivity index (χ4v) is 9.13. The van der Waals surface area contributed by atoms with Crippen LogP contribution in [0.3, 0.4) is 0 Å². The van der Waals surface area contributed by atoms with Crippen LogP contribution in [0.25, 0.3) is 0 Å². The number of allylic oxidation sites excluding steroid dienone is 7. The largest absolute Gasteiger partial charge is 0.466 e. The molecule has 0 bridgehead atoms. The molecule has 0 aromatic carbocycles. The first-order valence-corrected chi connectivity index (χ1v) is 30.4. The third-order valence-electron chi connectivity index (χ3n) is 13.8. The number of carbonyl (C=O) groups excluding carboxylic acids is 2. The lowest BCUT2D eigenvalue weighted by molar-refractivity contribution is -0.143. The molecule has 0 aliphatic heterocycles. The van der Waals surface area contributed by atoms with Crippen molar-refractivity contribution in [1.82, 2.24) is 5.32 Å². The van der Waals surface area contributed by atoms with Crippen molar-refractivity contribution in [3.05, 3.63) is 48.6 Å². The topological polar surface area (TPSA) is 95.9 Å². The van der Waals surface area contributed by atoms with Gasteiger partial charge < -0.3 is 20.3 Å². The average Bonchev–Trinajstić information content (AvgIpc) is 3.35. The van der Waals surface area contributed by atoms with Gasteiger partial charge in [-0.2, -0.15) is 0 Å². The van der Waals surface area contributed by atoms with Gasteiger partial charge in [0, 0.05) is 12.8 Å². The van der Waals surface area contributed by atoms with Gasteiger partial charge in [-0.15, -0.1) is 0 Å². The smallest absolute Gasteiger partial charge is 0.305 e. The first-order valence-electron chi connectivity index (χ1n) is 30.4. The Morgan fingerprint density at radius 1 is 0.406 bits per heavy atom. The van der Waals surface area contributed by atoms with Crippen molar-refractivity contribution < 1.29 is 24.5 Å². The Kier molecular flexibility index (Phi) is 56.5. The summed E-state index contributed by atoms with van der Waals surface area (Å²) in [4.78, 5) is 24.6. The number of ether oxygens (including phenoxy) is 1. The molecule has 6 heteroatoms. The second-order valence-corrected chi connectivity index (χ2v) is 20.7. The molecule has 0 rings (SSSR count). The van der Waals surface area contributed by atoms with E-state index in [2.05, 4.69) is 55.6 Å². The van der Waals surface area contributed by atoms with Gasteiger partial charge in [0.1, 0.15) is 0 Å². The van der Waals surface area contributed by atoms with Crippen LogP contribution < -0.4 is 5.32 Å². The summed E-state index contributed by atoms with van der Waals surface area (Å²) in [5, 5.41) is 23.2. The molecule has 0 saturated heterocycles. The van der Waals surface area contributed by atoms with Crippen LogP contribution in [-0.4, -0.2) is 47.4 Å². The Morgan fingerprint density at radius 2 is 0.725 bits per heavy atom. The quantitative estimate of drug-likeness (QED) is 0.0321. The molecule has 2 atom stereocenters. The molecule has 0 heterocycles. The van der Waals surface area contributed by atoms with Crippen molar-refractivity contribution in [2.75, 3.05) is 13.2 Å². The normalized spacial score (nSPS) is 12.9. The number of carbonyl (C=O) groups is 2. The van der Waals surface area contributed by atoms with Gasteiger partial charge in [-0.1, -0.05) is 262 Å². The third-order valence-corrected chi connectivity index (χ3v) is 13.8. The van der Waals surface area contributed by atoms with Gasteiger partial charge in [-0.3, -0.25) is 9.59 Å². The number of hydrogen-bond donors (Lipinski definition) is 3. The molecule has 0 saturated carbocycles. The molecule has 0 radical (unpaired) electrons. The molecule has 3 N–H and O–H groups in total. The van der Waals surface area contributed by atoms with Crippen LogP contribution >= 0.6 is 0 Å². The molecule has 0 spiro atoms. The summed E-state index contributed by atoms with van der Waals surface area (Å²) in [6.45, 7) is 4.81. The highest BCUT2D eigenvalue weighted by atomic mass is 16.5. The summed E-state index contributed by atoms with van der Waals surface area (Å²) in [5.41, 5.74) is 0. The SMILES string of the molecule is CCCCCC/C=C\C/C=C\CCCCCCCCCC(=O)OCCCC/C=C\CCCCCCC(=O)NC(CO)C(O)/C=C/CCCCCCCCCCCCCCCCCCCCCCCC. The van der Waals surface area contributed by atoms with Crippen molar-refractivity contribution in [3.63, 3.8) is 0 Å². The number of aliphatic hydroxyl groups is 2. The Labute approximate surface area is 429 Å². The maximum absolute atomic E-state index is 12.5. The number of amides is 1. The van der Waals surface area contributed by atoms with Crippen LogP contribution in [0.5, 0.6) is 0 Å². The van der Waals surface area contributed by atoms with Gasteiger partial charge in [-0.25, -0.2) is 0 Å². The molecule has 0 aromatic heterocycles. The summed E-state index contributed by atoms with van der Waals surface area (Å²) in [6.07, 6.45) is 74.3. The lowest BCUT2D eigenvalue weighted by Gasteiger charge is -2.20. The molecule has 6 nitrogen and oxygen atoms in total. The molecular formula is C63H117NO5. The minimum Gasteiger partial charge on any atom is -0.466 e. The van der Waals surface area contributed by atoms with Crippen LogP contribution in [0.15, 0.2) is 48.6 Å². The zero-order valence-corrected chi connectivity index (χ0v) is 46.0. The minimum atomic E-state index is -0.869. The minimum absolute atomic E-state index is 0.0455. The van der Waals surface area contributed by atoms with E-state index in [1.807, 2.05) is 6.08 Å². The summed E-state index contributed by atoms with van der Waals surface area (Å²) >= 11 is 0. The van der Waals surface area contributed by atoms with Crippen LogP contribution in [0.4, 0.5) is 0 Å². The Hall–Kier alpha value is -2.18. The van der Waals surface area contributed by atoms with E-state index in [1.165, 1.54) is 205 Å². The highest BCUT2D eigenvalue weighted by Gasteiger charge is 2.18. The molecule has 404 valence electrons.